The molecule has 1 saturated carbocycles. The van der Waals surface area contributed by atoms with Crippen LogP contribution in [0.15, 0.2) is 0 Å². The highest BCUT2D eigenvalue weighted by Gasteiger charge is 2.23. The average molecular weight is 213 g/mol. The van der Waals surface area contributed by atoms with Crippen molar-refractivity contribution >= 4 is 11.8 Å². The summed E-state index contributed by atoms with van der Waals surface area (Å²) in [5.74, 6) is -0.290. The fourth-order valence-electron chi connectivity index (χ4n) is 1.25. The second kappa shape index (κ2) is 5.70. The van der Waals surface area contributed by atoms with Gasteiger partial charge in [-0.25, -0.2) is 0 Å². The quantitative estimate of drug-likeness (QED) is 0.543. The van der Waals surface area contributed by atoms with Crippen molar-refractivity contribution < 1.29 is 9.59 Å². The molecule has 0 radical (unpaired) electrons. The summed E-state index contributed by atoms with van der Waals surface area (Å²) in [6.45, 7) is 2.53. The van der Waals surface area contributed by atoms with Crippen molar-refractivity contribution in [3.8, 4) is 0 Å². The van der Waals surface area contributed by atoms with Gasteiger partial charge in [0.1, 0.15) is 0 Å². The molecule has 0 spiro atoms. The van der Waals surface area contributed by atoms with Crippen LogP contribution in [0.2, 0.25) is 0 Å². The number of nitrogens with one attached hydrogen (secondary N) is 3. The fraction of sp³-hybridized carbons (Fsp3) is 0.800. The topological polar surface area (TPSA) is 70.2 Å². The zero-order valence-electron chi connectivity index (χ0n) is 9.30. The van der Waals surface area contributed by atoms with Gasteiger partial charge in [-0.2, -0.15) is 0 Å². The molecular weight excluding hydrogens is 194 g/mol. The van der Waals surface area contributed by atoms with Crippen molar-refractivity contribution in [3.63, 3.8) is 0 Å². The van der Waals surface area contributed by atoms with Crippen LogP contribution in [-0.2, 0) is 9.59 Å². The summed E-state index contributed by atoms with van der Waals surface area (Å²) in [5.41, 5.74) is 0. The van der Waals surface area contributed by atoms with E-state index in [4.69, 9.17) is 0 Å². The van der Waals surface area contributed by atoms with Gasteiger partial charge in [0.15, 0.2) is 0 Å². The molecule has 0 aromatic heterocycles. The van der Waals surface area contributed by atoms with Crippen molar-refractivity contribution in [1.82, 2.24) is 16.0 Å². The van der Waals surface area contributed by atoms with Crippen LogP contribution in [0.3, 0.4) is 0 Å². The van der Waals surface area contributed by atoms with Gasteiger partial charge < -0.3 is 16.0 Å². The van der Waals surface area contributed by atoms with Gasteiger partial charge in [0.25, 0.3) is 0 Å². The highest BCUT2D eigenvalue weighted by atomic mass is 16.2. The highest BCUT2D eigenvalue weighted by Crippen LogP contribution is 2.18. The molecule has 0 heterocycles. The maximum Gasteiger partial charge on any atom is 0.239 e. The summed E-state index contributed by atoms with van der Waals surface area (Å²) in [6, 6.07) is 0.351. The van der Waals surface area contributed by atoms with Crippen molar-refractivity contribution in [2.75, 3.05) is 20.1 Å². The zero-order chi connectivity index (χ0) is 11.3. The molecule has 1 aliphatic rings. The molecular formula is C10H19N3O2. The smallest absolute Gasteiger partial charge is 0.239 e. The molecule has 1 fully saturated rings. The SMILES string of the molecule is CNCC(C)C(=O)NCC(=O)NC1CC1. The maximum absolute atomic E-state index is 11.4. The lowest BCUT2D eigenvalue weighted by Crippen LogP contribution is -2.41. The Kier molecular flexibility index (Phi) is 4.55. The summed E-state index contributed by atoms with van der Waals surface area (Å²) in [5, 5.41) is 8.34. The van der Waals surface area contributed by atoms with Crippen LogP contribution in [-0.4, -0.2) is 38.0 Å². The zero-order valence-corrected chi connectivity index (χ0v) is 9.30. The minimum absolute atomic E-state index is 0.0867. The Hall–Kier alpha value is -1.10. The molecule has 0 aliphatic heterocycles. The minimum Gasteiger partial charge on any atom is -0.352 e. The monoisotopic (exact) mass is 213 g/mol. The van der Waals surface area contributed by atoms with Crippen molar-refractivity contribution in [2.45, 2.75) is 25.8 Å². The van der Waals surface area contributed by atoms with Gasteiger partial charge in [0.05, 0.1) is 6.54 Å². The van der Waals surface area contributed by atoms with Gasteiger partial charge >= 0.3 is 0 Å². The van der Waals surface area contributed by atoms with E-state index >= 15 is 0 Å². The summed E-state index contributed by atoms with van der Waals surface area (Å²) in [7, 11) is 1.80. The van der Waals surface area contributed by atoms with E-state index in [-0.39, 0.29) is 24.3 Å². The molecule has 0 aromatic carbocycles. The first-order valence-corrected chi connectivity index (χ1v) is 5.35. The number of hydrogen-bond acceptors (Lipinski definition) is 3. The van der Waals surface area contributed by atoms with Crippen LogP contribution in [0.4, 0.5) is 0 Å². The average Bonchev–Trinajstić information content (AvgIpc) is 2.98. The highest BCUT2D eigenvalue weighted by molar-refractivity contribution is 5.85. The van der Waals surface area contributed by atoms with Gasteiger partial charge in [0, 0.05) is 18.5 Å². The largest absolute Gasteiger partial charge is 0.352 e. The predicted octanol–water partition coefficient (Wildman–Crippen LogP) is -0.763. The Labute approximate surface area is 90.0 Å². The predicted molar refractivity (Wildman–Crippen MR) is 57.3 cm³/mol. The van der Waals surface area contributed by atoms with Crippen molar-refractivity contribution in [3.05, 3.63) is 0 Å². The standard InChI is InChI=1S/C10H19N3O2/c1-7(5-11-2)10(15)12-6-9(14)13-8-3-4-8/h7-8,11H,3-6H2,1-2H3,(H,12,15)(H,13,14). The number of carbonyl (C=O) groups is 2. The lowest BCUT2D eigenvalue weighted by molar-refractivity contribution is -0.128. The van der Waals surface area contributed by atoms with E-state index in [1.807, 2.05) is 6.92 Å². The third-order valence-corrected chi connectivity index (χ3v) is 2.32. The molecule has 0 saturated heterocycles. The molecule has 0 aromatic rings. The van der Waals surface area contributed by atoms with E-state index in [2.05, 4.69) is 16.0 Å². The molecule has 2 amide bonds. The van der Waals surface area contributed by atoms with Crippen molar-refractivity contribution in [2.24, 2.45) is 5.92 Å². The molecule has 1 unspecified atom stereocenters. The molecule has 15 heavy (non-hydrogen) atoms. The van der Waals surface area contributed by atoms with Crippen LogP contribution >= 0.6 is 0 Å². The summed E-state index contributed by atoms with van der Waals surface area (Å²) >= 11 is 0. The Bertz CT molecular complexity index is 239. The summed E-state index contributed by atoms with van der Waals surface area (Å²) in [6.07, 6.45) is 2.13. The molecule has 0 bridgehead atoms. The van der Waals surface area contributed by atoms with E-state index < -0.39 is 0 Å². The number of carbonyl (C=O) groups excluding carboxylic acids is 2. The molecule has 5 heteroatoms. The fourth-order valence-corrected chi connectivity index (χ4v) is 1.25. The van der Waals surface area contributed by atoms with E-state index in [0.29, 0.717) is 12.6 Å². The van der Waals surface area contributed by atoms with Gasteiger partial charge in [-0.05, 0) is 19.9 Å². The molecule has 5 nitrogen and oxygen atoms in total. The van der Waals surface area contributed by atoms with Crippen LogP contribution in [0, 0.1) is 5.92 Å². The van der Waals surface area contributed by atoms with Gasteiger partial charge in [-0.3, -0.25) is 9.59 Å². The maximum atomic E-state index is 11.4. The van der Waals surface area contributed by atoms with E-state index in [0.717, 1.165) is 12.8 Å². The van der Waals surface area contributed by atoms with Gasteiger partial charge in [0.2, 0.25) is 11.8 Å². The Morgan fingerprint density at radius 1 is 1.40 bits per heavy atom. The Morgan fingerprint density at radius 2 is 2.07 bits per heavy atom. The summed E-state index contributed by atoms with van der Waals surface area (Å²) in [4.78, 5) is 22.6. The van der Waals surface area contributed by atoms with E-state index in [9.17, 15) is 9.59 Å². The lowest BCUT2D eigenvalue weighted by atomic mass is 10.1. The van der Waals surface area contributed by atoms with Crippen LogP contribution in [0.1, 0.15) is 19.8 Å². The van der Waals surface area contributed by atoms with Gasteiger partial charge in [-0.1, -0.05) is 6.92 Å². The van der Waals surface area contributed by atoms with E-state index in [1.165, 1.54) is 0 Å². The minimum atomic E-state index is -0.108. The third-order valence-electron chi connectivity index (χ3n) is 2.32. The molecule has 1 aliphatic carbocycles. The molecule has 1 atom stereocenters. The first-order valence-electron chi connectivity index (χ1n) is 5.35. The van der Waals surface area contributed by atoms with Crippen LogP contribution in [0.5, 0.6) is 0 Å². The normalized spacial score (nSPS) is 16.9. The lowest BCUT2D eigenvalue weighted by Gasteiger charge is -2.11. The Morgan fingerprint density at radius 3 is 2.60 bits per heavy atom. The molecule has 86 valence electrons. The molecule has 1 rings (SSSR count). The second-order valence-corrected chi connectivity index (χ2v) is 4.02. The molecule has 3 N–H and O–H groups in total. The first-order chi connectivity index (χ1) is 7.13. The number of rotatable bonds is 6. The van der Waals surface area contributed by atoms with Crippen LogP contribution < -0.4 is 16.0 Å². The Balaban J connectivity index is 2.11. The van der Waals surface area contributed by atoms with Crippen molar-refractivity contribution in [1.29, 1.82) is 0 Å². The number of hydrogen-bond donors (Lipinski definition) is 3. The number of amides is 2. The van der Waals surface area contributed by atoms with Gasteiger partial charge in [-0.15, -0.1) is 0 Å². The summed E-state index contributed by atoms with van der Waals surface area (Å²) < 4.78 is 0. The van der Waals surface area contributed by atoms with Crippen LogP contribution in [0.25, 0.3) is 0 Å². The van der Waals surface area contributed by atoms with E-state index in [1.54, 1.807) is 7.05 Å². The first kappa shape index (κ1) is 12.0. The third kappa shape index (κ3) is 4.78. The second-order valence-electron chi connectivity index (χ2n) is 4.02.